The second-order valence-corrected chi connectivity index (χ2v) is 8.56. The molecule has 0 radical (unpaired) electrons. The Morgan fingerprint density at radius 1 is 1.39 bits per heavy atom. The zero-order valence-corrected chi connectivity index (χ0v) is 17.2. The first-order valence-corrected chi connectivity index (χ1v) is 9.98. The van der Waals surface area contributed by atoms with Gasteiger partial charge in [0, 0.05) is 37.1 Å². The molecule has 3 heterocycles. The van der Waals surface area contributed by atoms with Crippen molar-refractivity contribution < 1.29 is 24.2 Å². The van der Waals surface area contributed by atoms with Gasteiger partial charge in [-0.1, -0.05) is 5.16 Å². The first-order chi connectivity index (χ1) is 13.4. The predicted octanol–water partition coefficient (Wildman–Crippen LogP) is 3.38. The van der Waals surface area contributed by atoms with Gasteiger partial charge in [0.05, 0.1) is 18.4 Å². The number of hydrogen-bond acceptors (Lipinski definition) is 7. The minimum atomic E-state index is -0.196. The minimum absolute atomic E-state index is 0.0602. The zero-order chi connectivity index (χ0) is 19.9. The molecular weight excluding hydrogens is 360 g/mol. The van der Waals surface area contributed by atoms with Gasteiger partial charge in [0.15, 0.2) is 11.5 Å². The molecule has 0 aromatic heterocycles. The summed E-state index contributed by atoms with van der Waals surface area (Å²) in [7, 11) is 3.78. The monoisotopic (exact) mass is 390 g/mol. The molecule has 1 saturated heterocycles. The van der Waals surface area contributed by atoms with E-state index in [1.165, 1.54) is 5.56 Å². The summed E-state index contributed by atoms with van der Waals surface area (Å²) in [5.74, 6) is 2.39. The van der Waals surface area contributed by atoms with Crippen LogP contribution in [0.15, 0.2) is 11.2 Å². The molecule has 0 aliphatic carbocycles. The van der Waals surface area contributed by atoms with Crippen molar-refractivity contribution in [2.24, 2.45) is 11.1 Å². The number of fused-ring (bicyclic) bond motifs is 2. The highest BCUT2D eigenvalue weighted by atomic mass is 16.7. The van der Waals surface area contributed by atoms with Crippen LogP contribution in [-0.2, 0) is 11.2 Å². The van der Waals surface area contributed by atoms with Crippen LogP contribution in [0.4, 0.5) is 0 Å². The molecule has 154 valence electrons. The SMILES string of the molecule is COc1c2c(cc3c1C(C/C(=N/O)C1CCOC(C)(C)C1)N(C)CC3)OCO2. The van der Waals surface area contributed by atoms with Crippen LogP contribution in [-0.4, -0.2) is 55.5 Å². The van der Waals surface area contributed by atoms with Crippen molar-refractivity contribution in [2.45, 2.75) is 51.2 Å². The number of rotatable bonds is 4. The van der Waals surface area contributed by atoms with Crippen LogP contribution in [0, 0.1) is 5.92 Å². The van der Waals surface area contributed by atoms with E-state index in [-0.39, 0.29) is 24.4 Å². The van der Waals surface area contributed by atoms with E-state index in [1.807, 2.05) is 0 Å². The van der Waals surface area contributed by atoms with E-state index in [0.29, 0.717) is 18.8 Å². The summed E-state index contributed by atoms with van der Waals surface area (Å²) < 4.78 is 22.9. The molecule has 1 N–H and O–H groups in total. The summed E-state index contributed by atoms with van der Waals surface area (Å²) >= 11 is 0. The Bertz CT molecular complexity index is 777. The highest BCUT2D eigenvalue weighted by Gasteiger charge is 2.37. The first-order valence-electron chi connectivity index (χ1n) is 9.98. The maximum atomic E-state index is 9.85. The number of nitrogens with zero attached hydrogens (tertiary/aromatic N) is 2. The quantitative estimate of drug-likeness (QED) is 0.483. The Hall–Kier alpha value is -1.99. The van der Waals surface area contributed by atoms with Crippen LogP contribution < -0.4 is 14.2 Å². The molecule has 3 aliphatic heterocycles. The number of methoxy groups -OCH3 is 1. The van der Waals surface area contributed by atoms with Crippen molar-refractivity contribution in [1.29, 1.82) is 0 Å². The Balaban J connectivity index is 1.67. The van der Waals surface area contributed by atoms with Crippen LogP contribution in [0.2, 0.25) is 0 Å². The van der Waals surface area contributed by atoms with E-state index in [0.717, 1.165) is 48.6 Å². The Kier molecular flexibility index (Phi) is 5.14. The first kappa shape index (κ1) is 19.3. The topological polar surface area (TPSA) is 72.8 Å². The fraction of sp³-hybridized carbons (Fsp3) is 0.667. The lowest BCUT2D eigenvalue weighted by molar-refractivity contribution is -0.0622. The van der Waals surface area contributed by atoms with Gasteiger partial charge in [-0.15, -0.1) is 0 Å². The van der Waals surface area contributed by atoms with Crippen molar-refractivity contribution in [2.75, 3.05) is 34.1 Å². The molecule has 28 heavy (non-hydrogen) atoms. The summed E-state index contributed by atoms with van der Waals surface area (Å²) in [6.07, 6.45) is 3.31. The molecule has 4 rings (SSSR count). The highest BCUT2D eigenvalue weighted by Crippen LogP contribution is 2.50. The maximum absolute atomic E-state index is 9.85. The van der Waals surface area contributed by atoms with Crippen LogP contribution >= 0.6 is 0 Å². The summed E-state index contributed by atoms with van der Waals surface area (Å²) in [5, 5.41) is 13.6. The molecular formula is C21H30N2O5. The van der Waals surface area contributed by atoms with Crippen molar-refractivity contribution in [3.8, 4) is 17.2 Å². The fourth-order valence-corrected chi connectivity index (χ4v) is 4.79. The van der Waals surface area contributed by atoms with Gasteiger partial charge in [0.1, 0.15) is 0 Å². The van der Waals surface area contributed by atoms with Gasteiger partial charge in [0.2, 0.25) is 12.5 Å². The Morgan fingerprint density at radius 3 is 2.93 bits per heavy atom. The summed E-state index contributed by atoms with van der Waals surface area (Å²) in [4.78, 5) is 2.31. The van der Waals surface area contributed by atoms with Crippen molar-refractivity contribution in [3.05, 3.63) is 17.2 Å². The van der Waals surface area contributed by atoms with Gasteiger partial charge in [-0.2, -0.15) is 0 Å². The summed E-state index contributed by atoms with van der Waals surface area (Å²) in [6, 6.07) is 2.14. The molecule has 0 saturated carbocycles. The van der Waals surface area contributed by atoms with E-state index < -0.39 is 0 Å². The molecule has 1 aromatic rings. The predicted molar refractivity (Wildman–Crippen MR) is 105 cm³/mol. The van der Waals surface area contributed by atoms with Gasteiger partial charge in [-0.05, 0) is 51.8 Å². The number of benzene rings is 1. The van der Waals surface area contributed by atoms with Gasteiger partial charge < -0.3 is 24.2 Å². The lowest BCUT2D eigenvalue weighted by Gasteiger charge is -2.39. The van der Waals surface area contributed by atoms with Crippen LogP contribution in [0.5, 0.6) is 17.2 Å². The van der Waals surface area contributed by atoms with Gasteiger partial charge in [0.25, 0.3) is 0 Å². The van der Waals surface area contributed by atoms with Gasteiger partial charge in [-0.25, -0.2) is 0 Å². The van der Waals surface area contributed by atoms with Crippen molar-refractivity contribution in [3.63, 3.8) is 0 Å². The Labute approximate surface area is 166 Å². The number of likely N-dealkylation sites (N-methyl/N-ethyl adjacent to an activating group) is 1. The third-order valence-corrected chi connectivity index (χ3v) is 6.25. The van der Waals surface area contributed by atoms with Crippen molar-refractivity contribution >= 4 is 5.71 Å². The normalized spacial score (nSPS) is 26.8. The van der Waals surface area contributed by atoms with E-state index in [4.69, 9.17) is 18.9 Å². The molecule has 7 heteroatoms. The zero-order valence-electron chi connectivity index (χ0n) is 17.2. The lowest BCUT2D eigenvalue weighted by Crippen LogP contribution is -2.39. The van der Waals surface area contributed by atoms with Crippen LogP contribution in [0.25, 0.3) is 0 Å². The summed E-state index contributed by atoms with van der Waals surface area (Å²) in [5.41, 5.74) is 2.97. The average Bonchev–Trinajstić information content (AvgIpc) is 3.13. The van der Waals surface area contributed by atoms with E-state index >= 15 is 0 Å². The van der Waals surface area contributed by atoms with Gasteiger partial charge in [-0.3, -0.25) is 4.90 Å². The third kappa shape index (κ3) is 3.42. The molecule has 2 unspecified atom stereocenters. The molecule has 0 bridgehead atoms. The largest absolute Gasteiger partial charge is 0.492 e. The standard InChI is InChI=1S/C21H30N2O5/c1-21(2)11-14(6-8-28-21)15(22-24)10-16-18-13(5-7-23(16)3)9-17-19(20(18)25-4)27-12-26-17/h9,14,16,24H,5-8,10-12H2,1-4H3/b22-15-. The average molecular weight is 390 g/mol. The number of oxime groups is 1. The number of ether oxygens (including phenoxy) is 4. The maximum Gasteiger partial charge on any atom is 0.231 e. The third-order valence-electron chi connectivity index (χ3n) is 6.25. The Morgan fingerprint density at radius 2 is 2.21 bits per heavy atom. The van der Waals surface area contributed by atoms with Crippen molar-refractivity contribution in [1.82, 2.24) is 4.90 Å². The lowest BCUT2D eigenvalue weighted by atomic mass is 9.80. The molecule has 7 nitrogen and oxygen atoms in total. The summed E-state index contributed by atoms with van der Waals surface area (Å²) in [6.45, 7) is 6.03. The molecule has 3 aliphatic rings. The van der Waals surface area contributed by atoms with Crippen LogP contribution in [0.3, 0.4) is 0 Å². The molecule has 0 spiro atoms. The van der Waals surface area contributed by atoms with Gasteiger partial charge >= 0.3 is 0 Å². The highest BCUT2D eigenvalue weighted by molar-refractivity contribution is 5.87. The second-order valence-electron chi connectivity index (χ2n) is 8.56. The molecule has 2 atom stereocenters. The smallest absolute Gasteiger partial charge is 0.231 e. The van der Waals surface area contributed by atoms with E-state index in [9.17, 15) is 5.21 Å². The van der Waals surface area contributed by atoms with Crippen LogP contribution in [0.1, 0.15) is 50.3 Å². The fourth-order valence-electron chi connectivity index (χ4n) is 4.79. The van der Waals surface area contributed by atoms with E-state index in [2.05, 4.69) is 37.0 Å². The minimum Gasteiger partial charge on any atom is -0.492 e. The molecule has 1 fully saturated rings. The second kappa shape index (κ2) is 7.44. The van der Waals surface area contributed by atoms with E-state index in [1.54, 1.807) is 7.11 Å². The number of hydrogen-bond donors (Lipinski definition) is 1. The molecule has 1 aromatic carbocycles. The molecule has 0 amide bonds.